The Morgan fingerprint density at radius 3 is 2.25 bits per heavy atom. The molecule has 4 rings (SSSR count). The molecular formula is C39H54FN3O16. The van der Waals surface area contributed by atoms with Crippen LogP contribution in [0.15, 0.2) is 23.8 Å². The zero-order chi connectivity index (χ0) is 43.8. The first-order valence-corrected chi connectivity index (χ1v) is 20.0. The van der Waals surface area contributed by atoms with Gasteiger partial charge >= 0.3 is 17.9 Å². The Kier molecular flexibility index (Phi) is 15.3. The number of nitrogens with zero attached hydrogens (tertiary/aromatic N) is 2. The predicted octanol–water partition coefficient (Wildman–Crippen LogP) is 3.58. The Morgan fingerprint density at radius 1 is 0.966 bits per heavy atom. The van der Waals surface area contributed by atoms with Crippen LogP contribution >= 0.6 is 0 Å². The number of aliphatic hydroxyl groups excluding tert-OH is 1. The first kappa shape index (κ1) is 46.7. The average Bonchev–Trinajstić information content (AvgIpc) is 3.38. The van der Waals surface area contributed by atoms with E-state index in [0.29, 0.717) is 18.4 Å². The minimum absolute atomic E-state index is 0.120. The lowest BCUT2D eigenvalue weighted by Crippen LogP contribution is -2.70. The number of alkyl halides is 1. The first-order chi connectivity index (χ1) is 27.8. The van der Waals surface area contributed by atoms with E-state index in [9.17, 15) is 54.1 Å². The van der Waals surface area contributed by atoms with Gasteiger partial charge in [0.25, 0.3) is 10.2 Å². The topological polar surface area (TPSA) is 267 Å². The summed E-state index contributed by atoms with van der Waals surface area (Å²) in [6.45, 7) is 4.97. The number of aliphatic hydroxyl groups is 1. The molecule has 328 valence electrons. The Labute approximate surface area is 339 Å². The number of esters is 3. The maximum absolute atomic E-state index is 17.8. The number of ether oxygens (including phenoxy) is 3. The van der Waals surface area contributed by atoms with Gasteiger partial charge in [-0.15, -0.1) is 20.2 Å². The second-order valence-corrected chi connectivity index (χ2v) is 16.2. The fourth-order valence-electron chi connectivity index (χ4n) is 9.91. The number of carbonyl (C=O) groups is 6. The van der Waals surface area contributed by atoms with Gasteiger partial charge in [-0.3, -0.25) is 24.0 Å². The standard InChI is InChI=1S/C39H54FN3O16/c1-5-33(48)59-39(24(2)19-28-27-13-12-25-20-26(44)14-15-36(25,3)38(27,40)30(45)22-37(28,39)4)31(46)23-56-34(49)21-29(35(50)55-16-9-10-18-58-43(53)54)41-32(47)11-7-6-8-17-57-42(51)52/h14-15,20,24,27-30,45H,5-13,16-19,21-23H2,1-4H3,(H,41,47)/t24-,27?,28?,29?,30-,36-,37-,38-,39-/m0/s1. The van der Waals surface area contributed by atoms with Crippen molar-refractivity contribution in [2.45, 2.75) is 128 Å². The van der Waals surface area contributed by atoms with Crippen LogP contribution in [0.4, 0.5) is 4.39 Å². The molecule has 0 aromatic carbocycles. The van der Waals surface area contributed by atoms with Crippen molar-refractivity contribution in [3.8, 4) is 0 Å². The summed E-state index contributed by atoms with van der Waals surface area (Å²) in [6, 6.07) is -1.58. The predicted molar refractivity (Wildman–Crippen MR) is 199 cm³/mol. The van der Waals surface area contributed by atoms with Crippen LogP contribution < -0.4 is 5.32 Å². The number of carbonyl (C=O) groups excluding carboxylic acids is 6. The number of nitrogens with one attached hydrogen (secondary N) is 1. The summed E-state index contributed by atoms with van der Waals surface area (Å²) in [5.41, 5.74) is -6.23. The SMILES string of the molecule is CCC(=O)O[C@]1(C(=O)COC(=O)CC(NC(=O)CCCCCO[N+](=O)[O-])C(=O)OCCCCO[N+](=O)[O-])[C@@H](C)CC2C3CCC4=CC(=O)C=C[C@]4(C)[C@@]3(F)[C@@H](O)C[C@@]21C. The van der Waals surface area contributed by atoms with Crippen molar-refractivity contribution in [3.63, 3.8) is 0 Å². The van der Waals surface area contributed by atoms with Gasteiger partial charge in [-0.25, -0.2) is 9.18 Å². The monoisotopic (exact) mass is 839 g/mol. The highest BCUT2D eigenvalue weighted by Gasteiger charge is 2.77. The number of fused-ring (bicyclic) bond motifs is 5. The van der Waals surface area contributed by atoms with Gasteiger partial charge in [0.1, 0.15) is 6.04 Å². The molecule has 20 heteroatoms. The molecule has 0 saturated heterocycles. The van der Waals surface area contributed by atoms with Gasteiger partial charge < -0.3 is 34.3 Å². The maximum atomic E-state index is 17.8. The second kappa shape index (κ2) is 19.4. The van der Waals surface area contributed by atoms with E-state index in [-0.39, 0.29) is 83.4 Å². The molecule has 4 aliphatic rings. The third-order valence-corrected chi connectivity index (χ3v) is 12.7. The summed E-state index contributed by atoms with van der Waals surface area (Å²) in [5, 5.41) is 33.0. The van der Waals surface area contributed by atoms with Gasteiger partial charge in [-0.1, -0.05) is 38.8 Å². The Bertz CT molecular complexity index is 1720. The number of unbranched alkanes of at least 4 members (excludes halogenated alkanes) is 3. The van der Waals surface area contributed by atoms with Crippen molar-refractivity contribution in [1.29, 1.82) is 0 Å². The van der Waals surface area contributed by atoms with Crippen molar-refractivity contribution < 1.29 is 72.3 Å². The average molecular weight is 840 g/mol. The van der Waals surface area contributed by atoms with Gasteiger partial charge in [-0.2, -0.15) is 0 Å². The molecule has 2 N–H and O–H groups in total. The number of Topliss-reactive ketones (excluding diaryl/α,β-unsaturated/α-hetero) is 1. The molecule has 0 radical (unpaired) electrons. The highest BCUT2D eigenvalue weighted by Crippen LogP contribution is 2.71. The fourth-order valence-corrected chi connectivity index (χ4v) is 9.91. The molecular weight excluding hydrogens is 785 g/mol. The molecule has 0 heterocycles. The molecule has 0 aromatic rings. The molecule has 0 spiro atoms. The number of hydrogen-bond donors (Lipinski definition) is 2. The summed E-state index contributed by atoms with van der Waals surface area (Å²) >= 11 is 0. The van der Waals surface area contributed by atoms with Crippen LogP contribution in [0.2, 0.25) is 0 Å². The third kappa shape index (κ3) is 9.73. The van der Waals surface area contributed by atoms with Gasteiger partial charge in [0.15, 0.2) is 23.7 Å². The van der Waals surface area contributed by atoms with Crippen LogP contribution in [0, 0.1) is 48.8 Å². The normalized spacial score (nSPS) is 30.9. The number of ketones is 2. The fraction of sp³-hybridized carbons (Fsp3) is 0.744. The number of rotatable bonds is 22. The van der Waals surface area contributed by atoms with E-state index in [1.807, 2.05) is 0 Å². The molecule has 3 unspecified atom stereocenters. The van der Waals surface area contributed by atoms with E-state index in [1.54, 1.807) is 20.8 Å². The second-order valence-electron chi connectivity index (χ2n) is 16.2. The third-order valence-electron chi connectivity index (χ3n) is 12.7. The molecule has 3 fully saturated rings. The van der Waals surface area contributed by atoms with E-state index < -0.39 is 105 Å². The van der Waals surface area contributed by atoms with E-state index in [1.165, 1.54) is 25.2 Å². The minimum Gasteiger partial charge on any atom is -0.464 e. The lowest BCUT2D eigenvalue weighted by molar-refractivity contribution is -0.757. The number of amides is 1. The van der Waals surface area contributed by atoms with Gasteiger partial charge in [0, 0.05) is 35.5 Å². The number of hydrogen-bond acceptors (Lipinski definition) is 16. The van der Waals surface area contributed by atoms with Crippen LogP contribution in [-0.2, 0) is 52.7 Å². The lowest BCUT2D eigenvalue weighted by Gasteiger charge is -2.62. The van der Waals surface area contributed by atoms with E-state index >= 15 is 4.39 Å². The maximum Gasteiger partial charge on any atom is 0.329 e. The smallest absolute Gasteiger partial charge is 0.329 e. The molecule has 0 bridgehead atoms. The quantitative estimate of drug-likeness (QED) is 0.0519. The van der Waals surface area contributed by atoms with Gasteiger partial charge in [0.2, 0.25) is 11.7 Å². The number of allylic oxidation sites excluding steroid dienone is 4. The van der Waals surface area contributed by atoms with Crippen LogP contribution in [0.25, 0.3) is 0 Å². The Hall–Kier alpha value is -5.01. The Morgan fingerprint density at radius 2 is 1.61 bits per heavy atom. The summed E-state index contributed by atoms with van der Waals surface area (Å²) in [7, 11) is 0. The molecule has 9 atom stereocenters. The van der Waals surface area contributed by atoms with Crippen LogP contribution in [-0.4, -0.2) is 101 Å². The molecule has 0 aromatic heterocycles. The van der Waals surface area contributed by atoms with Crippen LogP contribution in [0.1, 0.15) is 105 Å². The molecule has 1 amide bonds. The molecule has 3 saturated carbocycles. The highest BCUT2D eigenvalue weighted by atomic mass is 19.1. The first-order valence-electron chi connectivity index (χ1n) is 20.0. The summed E-state index contributed by atoms with van der Waals surface area (Å²) < 4.78 is 34.4. The zero-order valence-corrected chi connectivity index (χ0v) is 33.8. The van der Waals surface area contributed by atoms with Crippen molar-refractivity contribution in [1.82, 2.24) is 5.32 Å². The molecule has 59 heavy (non-hydrogen) atoms. The van der Waals surface area contributed by atoms with Gasteiger partial charge in [0.05, 0.1) is 32.3 Å². The zero-order valence-electron chi connectivity index (χ0n) is 33.8. The molecule has 0 aliphatic heterocycles. The summed E-state index contributed by atoms with van der Waals surface area (Å²) in [6.07, 6.45) is 3.31. The van der Waals surface area contributed by atoms with Crippen LogP contribution in [0.3, 0.4) is 0 Å². The Balaban J connectivity index is 1.50. The molecule has 19 nitrogen and oxygen atoms in total. The molecule has 4 aliphatic carbocycles. The summed E-state index contributed by atoms with van der Waals surface area (Å²) in [4.78, 5) is 108. The van der Waals surface area contributed by atoms with Crippen molar-refractivity contribution in [3.05, 3.63) is 44.0 Å². The van der Waals surface area contributed by atoms with Crippen molar-refractivity contribution in [2.24, 2.45) is 28.6 Å². The summed E-state index contributed by atoms with van der Waals surface area (Å²) in [5.74, 6) is -6.72. The van der Waals surface area contributed by atoms with Crippen LogP contribution in [0.5, 0.6) is 0 Å². The van der Waals surface area contributed by atoms with E-state index in [0.717, 1.165) is 0 Å². The van der Waals surface area contributed by atoms with Gasteiger partial charge in [-0.05, 0) is 76.4 Å². The van der Waals surface area contributed by atoms with E-state index in [2.05, 4.69) is 15.0 Å². The highest BCUT2D eigenvalue weighted by molar-refractivity contribution is 6.01. The largest absolute Gasteiger partial charge is 0.464 e. The minimum atomic E-state index is -2.22. The lowest BCUT2D eigenvalue weighted by atomic mass is 9.44. The van der Waals surface area contributed by atoms with E-state index in [4.69, 9.17) is 14.2 Å². The number of halogens is 1. The van der Waals surface area contributed by atoms with Crippen molar-refractivity contribution >= 4 is 35.4 Å². The van der Waals surface area contributed by atoms with Crippen molar-refractivity contribution in [2.75, 3.05) is 26.4 Å².